The summed E-state index contributed by atoms with van der Waals surface area (Å²) in [6.07, 6.45) is 0. The number of thiocarbonyl (C=S) groups is 2. The minimum atomic E-state index is -2.03. The van der Waals surface area contributed by atoms with E-state index in [1.54, 1.807) is 0 Å². The molecule has 4 heterocycles. The van der Waals surface area contributed by atoms with E-state index in [9.17, 15) is 9.59 Å². The first-order valence-corrected chi connectivity index (χ1v) is 22.5. The fourth-order valence-corrected chi connectivity index (χ4v) is 11.9. The van der Waals surface area contributed by atoms with E-state index < -0.39 is 17.4 Å². The van der Waals surface area contributed by atoms with E-state index in [0.717, 1.165) is 54.8 Å². The van der Waals surface area contributed by atoms with Crippen LogP contribution in [0.3, 0.4) is 0 Å². The van der Waals surface area contributed by atoms with Crippen molar-refractivity contribution in [2.45, 2.75) is 32.5 Å². The third kappa shape index (κ3) is 6.90. The Morgan fingerprint density at radius 2 is 1.03 bits per heavy atom. The van der Waals surface area contributed by atoms with Crippen LogP contribution in [0.25, 0.3) is 31.3 Å². The number of aliphatic imine (C=N–C) groups is 2. The van der Waals surface area contributed by atoms with Crippen LogP contribution in [0.1, 0.15) is 36.1 Å². The van der Waals surface area contributed by atoms with Crippen LogP contribution in [0, 0.1) is 0 Å². The molecule has 0 radical (unpaired) electrons. The third-order valence-electron chi connectivity index (χ3n) is 10.1. The predicted octanol–water partition coefficient (Wildman–Crippen LogP) is 9.69. The second-order valence-corrected chi connectivity index (χ2v) is 19.0. The van der Waals surface area contributed by atoms with E-state index in [1.165, 1.54) is 32.5 Å². The van der Waals surface area contributed by atoms with Gasteiger partial charge < -0.3 is 9.47 Å². The molecule has 4 aromatic carbocycles. The molecule has 0 saturated carbocycles. The minimum absolute atomic E-state index is 0.0760. The molecule has 2 saturated heterocycles. The smallest absolute Gasteiger partial charge is 0.333 e. The molecule has 2 aromatic heterocycles. The molecule has 2 fully saturated rings. The third-order valence-corrected chi connectivity index (χ3v) is 14.8. The lowest BCUT2D eigenvalue weighted by atomic mass is 9.77. The molecule has 0 unspecified atom stereocenters. The van der Waals surface area contributed by atoms with Crippen LogP contribution in [0.5, 0.6) is 0 Å². The molecule has 1 aliphatic carbocycles. The number of fused-ring (bicyclic) bond motifs is 5. The Morgan fingerprint density at radius 1 is 0.627 bits per heavy atom. The molecule has 0 atom stereocenters. The number of hydrogen-bond acceptors (Lipinski definition) is 14. The summed E-state index contributed by atoms with van der Waals surface area (Å²) >= 11 is 15.9. The van der Waals surface area contributed by atoms with E-state index >= 15 is 9.59 Å². The van der Waals surface area contributed by atoms with Gasteiger partial charge in [0, 0.05) is 22.5 Å². The number of benzene rings is 4. The highest BCUT2D eigenvalue weighted by molar-refractivity contribution is 8.35. The van der Waals surface area contributed by atoms with E-state index in [1.807, 2.05) is 111 Å². The number of thiophene rings is 2. The van der Waals surface area contributed by atoms with Gasteiger partial charge in [-0.3, -0.25) is 29.0 Å². The predicted molar refractivity (Wildman–Crippen MR) is 245 cm³/mol. The number of carbonyl (C=O) groups is 4. The van der Waals surface area contributed by atoms with Gasteiger partial charge in [0.1, 0.15) is 31.9 Å². The highest BCUT2D eigenvalue weighted by Crippen LogP contribution is 2.55. The Bertz CT molecular complexity index is 2660. The van der Waals surface area contributed by atoms with Crippen LogP contribution in [0.4, 0.5) is 10.0 Å². The number of nitrogens with zero attached hydrogens (tertiary/aromatic N) is 4. The maximum absolute atomic E-state index is 15.0. The van der Waals surface area contributed by atoms with Gasteiger partial charge in [-0.05, 0) is 118 Å². The van der Waals surface area contributed by atoms with Crippen LogP contribution in [-0.4, -0.2) is 65.4 Å². The molecule has 10 nitrogen and oxygen atoms in total. The summed E-state index contributed by atoms with van der Waals surface area (Å²) in [5.74, 6) is -2.06. The molecule has 6 aromatic rings. The molecule has 0 N–H and O–H groups in total. The first kappa shape index (κ1) is 39.4. The Balaban J connectivity index is 1.22. The number of rotatable bonds is 10. The number of thioether (sulfide) groups is 2. The molecule has 9 rings (SSSR count). The zero-order valence-electron chi connectivity index (χ0n) is 31.3. The Hall–Kier alpha value is -5.10. The molecule has 16 heteroatoms. The number of amides is 2. The number of ether oxygens (including phenoxy) is 2. The maximum atomic E-state index is 15.0. The summed E-state index contributed by atoms with van der Waals surface area (Å²) in [7, 11) is 0. The molecular formula is C43H30N4O6S6. The zero-order valence-corrected chi connectivity index (χ0v) is 36.2. The summed E-state index contributed by atoms with van der Waals surface area (Å²) in [4.78, 5) is 68.6. The second kappa shape index (κ2) is 15.8. The van der Waals surface area contributed by atoms with Crippen molar-refractivity contribution in [3.8, 4) is 11.1 Å². The van der Waals surface area contributed by atoms with Crippen LogP contribution in [0.15, 0.2) is 107 Å². The van der Waals surface area contributed by atoms with Crippen molar-refractivity contribution < 1.29 is 28.7 Å². The lowest BCUT2D eigenvalue weighted by molar-refractivity contribution is -0.164. The van der Waals surface area contributed by atoms with Crippen molar-refractivity contribution in [3.05, 3.63) is 119 Å². The molecule has 294 valence electrons. The largest absolute Gasteiger partial charge is 0.459 e. The lowest BCUT2D eigenvalue weighted by Gasteiger charge is -2.28. The second-order valence-electron chi connectivity index (χ2n) is 13.6. The highest BCUT2D eigenvalue weighted by Gasteiger charge is 2.58. The summed E-state index contributed by atoms with van der Waals surface area (Å²) in [5, 5.41) is 3.15. The summed E-state index contributed by atoms with van der Waals surface area (Å²) in [6.45, 7) is 4.46. The van der Waals surface area contributed by atoms with Gasteiger partial charge in [-0.15, -0.1) is 22.7 Å². The van der Waals surface area contributed by atoms with Crippen molar-refractivity contribution in [2.24, 2.45) is 9.98 Å². The van der Waals surface area contributed by atoms with Gasteiger partial charge in [-0.2, -0.15) is 0 Å². The maximum Gasteiger partial charge on any atom is 0.333 e. The van der Waals surface area contributed by atoms with E-state index in [2.05, 4.69) is 0 Å². The summed E-state index contributed by atoms with van der Waals surface area (Å²) < 4.78 is 14.8. The van der Waals surface area contributed by atoms with Crippen molar-refractivity contribution >= 4 is 143 Å². The van der Waals surface area contributed by atoms with Crippen molar-refractivity contribution in [1.29, 1.82) is 0 Å². The number of carbonyl (C=O) groups excluding carboxylic acids is 4. The molecular weight excluding hydrogens is 861 g/mol. The SMILES string of the molecule is CCN1C(=O)/C(=N/c2cc3cc4c(cc3s2)-c2cc3sc(/N=C5\SC(=S)N(CC)C5=O)cc3cc2C4(C(=O)OCc2ccccc2)C(=O)OCc2ccccc2)SC1=S. The quantitative estimate of drug-likeness (QED) is 0.0748. The molecule has 0 bridgehead atoms. The van der Waals surface area contributed by atoms with Crippen molar-refractivity contribution in [3.63, 3.8) is 0 Å². The summed E-state index contributed by atoms with van der Waals surface area (Å²) in [6, 6.07) is 29.8. The van der Waals surface area contributed by atoms with Crippen LogP contribution in [-0.2, 0) is 47.3 Å². The van der Waals surface area contributed by atoms with Gasteiger partial charge in [0.25, 0.3) is 11.8 Å². The normalized spacial score (nSPS) is 17.2. The Labute approximate surface area is 365 Å². The molecule has 2 aliphatic heterocycles. The van der Waals surface area contributed by atoms with Crippen LogP contribution in [0.2, 0.25) is 0 Å². The van der Waals surface area contributed by atoms with Gasteiger partial charge in [-0.25, -0.2) is 9.98 Å². The molecule has 2 amide bonds. The highest BCUT2D eigenvalue weighted by atomic mass is 32.2. The fourth-order valence-electron chi connectivity index (χ4n) is 7.30. The van der Waals surface area contributed by atoms with Gasteiger partial charge in [-0.1, -0.05) is 85.1 Å². The Morgan fingerprint density at radius 3 is 1.41 bits per heavy atom. The van der Waals surface area contributed by atoms with Gasteiger partial charge in [0.15, 0.2) is 10.1 Å². The lowest BCUT2D eigenvalue weighted by Crippen LogP contribution is -2.45. The van der Waals surface area contributed by atoms with Gasteiger partial charge in [0.2, 0.25) is 5.41 Å². The van der Waals surface area contributed by atoms with E-state index in [0.29, 0.717) is 54.0 Å². The van der Waals surface area contributed by atoms with Gasteiger partial charge >= 0.3 is 11.9 Å². The Kier molecular flexibility index (Phi) is 10.6. The van der Waals surface area contributed by atoms with Crippen molar-refractivity contribution in [1.82, 2.24) is 9.80 Å². The monoisotopic (exact) mass is 890 g/mol. The molecule has 0 spiro atoms. The van der Waals surface area contributed by atoms with Gasteiger partial charge in [0.05, 0.1) is 0 Å². The van der Waals surface area contributed by atoms with E-state index in [4.69, 9.17) is 43.9 Å². The molecule has 3 aliphatic rings. The minimum Gasteiger partial charge on any atom is -0.459 e. The average Bonchev–Trinajstić information content (AvgIpc) is 4.02. The van der Waals surface area contributed by atoms with Crippen LogP contribution >= 0.6 is 70.6 Å². The first-order valence-electron chi connectivity index (χ1n) is 18.4. The zero-order chi connectivity index (χ0) is 41.0. The number of esters is 2. The number of hydrogen-bond donors (Lipinski definition) is 0. The topological polar surface area (TPSA) is 118 Å². The van der Waals surface area contributed by atoms with Crippen LogP contribution < -0.4 is 0 Å². The van der Waals surface area contributed by atoms with E-state index in [-0.39, 0.29) is 35.1 Å². The van der Waals surface area contributed by atoms with Crippen molar-refractivity contribution in [2.75, 3.05) is 13.1 Å². The average molecular weight is 891 g/mol. The standard InChI is InChI=1S/C43H30N4O6S6/c1-3-46-37(48)35(58-41(46)54)44-33-17-25-15-29-27(19-31(25)56-33)28-20-32-26(18-34(57-32)45-36-38(49)47(4-2)42(55)59-36)16-30(28)43(29,39(50)52-21-23-11-7-5-8-12-23)40(51)53-22-24-13-9-6-10-14-24/h5-20H,3-4,21-22H2,1-2H3/b44-35-,45-36-. The fraction of sp³-hybridized carbons (Fsp3) is 0.163. The molecule has 59 heavy (non-hydrogen) atoms. The summed E-state index contributed by atoms with van der Waals surface area (Å²) in [5.41, 5.74) is 1.60. The first-order chi connectivity index (χ1) is 28.6.